The fraction of sp³-hybridized carbons (Fsp3) is 0. The molecular weight excluding hydrogens is 184 g/mol. The molecule has 0 radical (unpaired) electrons. The summed E-state index contributed by atoms with van der Waals surface area (Å²) in [6, 6.07) is 3.12. The number of pyridine rings is 1. The van der Waals surface area contributed by atoms with E-state index in [1.165, 1.54) is 24.9 Å². The van der Waals surface area contributed by atoms with E-state index in [2.05, 4.69) is 9.97 Å². The van der Waals surface area contributed by atoms with E-state index in [1.54, 1.807) is 6.07 Å². The maximum Gasteiger partial charge on any atom is 0.354 e. The Hall–Kier alpha value is -2.17. The van der Waals surface area contributed by atoms with E-state index >= 15 is 0 Å². The molecule has 70 valence electrons. The van der Waals surface area contributed by atoms with Crippen LogP contribution in [-0.4, -0.2) is 21.0 Å². The van der Waals surface area contributed by atoms with E-state index in [9.17, 15) is 4.79 Å². The maximum absolute atomic E-state index is 10.6. The van der Waals surface area contributed by atoms with Crippen molar-refractivity contribution in [1.29, 1.82) is 0 Å². The fourth-order valence-electron chi connectivity index (χ4n) is 1.06. The molecule has 0 aliphatic rings. The molecule has 14 heavy (non-hydrogen) atoms. The van der Waals surface area contributed by atoms with Gasteiger partial charge in [-0.25, -0.2) is 14.8 Å². The topological polar surface area (TPSA) is 76.2 Å². The van der Waals surface area contributed by atoms with E-state index in [-0.39, 0.29) is 5.69 Å². The second-order valence-corrected chi connectivity index (χ2v) is 2.61. The first kappa shape index (κ1) is 8.43. The van der Waals surface area contributed by atoms with Crippen LogP contribution in [0.2, 0.25) is 0 Å². The Morgan fingerprint density at radius 2 is 2.29 bits per heavy atom. The number of carboxylic acid groups (broad SMARTS) is 1. The van der Waals surface area contributed by atoms with Gasteiger partial charge in [-0.1, -0.05) is 0 Å². The van der Waals surface area contributed by atoms with Crippen LogP contribution in [0.5, 0.6) is 0 Å². The lowest BCUT2D eigenvalue weighted by Crippen LogP contribution is -1.99. The van der Waals surface area contributed by atoms with E-state index in [4.69, 9.17) is 9.52 Å². The first-order valence-corrected chi connectivity index (χ1v) is 3.85. The van der Waals surface area contributed by atoms with E-state index < -0.39 is 5.97 Å². The molecule has 0 aliphatic heterocycles. The second-order valence-electron chi connectivity index (χ2n) is 2.61. The Morgan fingerprint density at radius 3 is 2.93 bits per heavy atom. The van der Waals surface area contributed by atoms with Gasteiger partial charge in [0, 0.05) is 11.8 Å². The molecule has 0 saturated heterocycles. The number of hydrogen-bond donors (Lipinski definition) is 1. The number of carbonyl (C=O) groups is 1. The monoisotopic (exact) mass is 190 g/mol. The first-order chi connectivity index (χ1) is 6.77. The molecule has 0 aliphatic carbocycles. The van der Waals surface area contributed by atoms with Gasteiger partial charge in [-0.05, 0) is 12.1 Å². The van der Waals surface area contributed by atoms with Crippen LogP contribution in [0, 0.1) is 0 Å². The van der Waals surface area contributed by atoms with Gasteiger partial charge in [-0.2, -0.15) is 0 Å². The number of aromatic carboxylic acids is 1. The van der Waals surface area contributed by atoms with Gasteiger partial charge in [-0.15, -0.1) is 0 Å². The van der Waals surface area contributed by atoms with Gasteiger partial charge in [0.05, 0.1) is 0 Å². The standard InChI is InChI=1S/C9H6N2O3/c12-9(13)7-3-6(1-2-10-7)8-4-14-5-11-8/h1-5H,(H,12,13). The van der Waals surface area contributed by atoms with Crippen LogP contribution in [0.25, 0.3) is 11.3 Å². The average molecular weight is 190 g/mol. The van der Waals surface area contributed by atoms with Crippen LogP contribution in [0.15, 0.2) is 35.4 Å². The number of carboxylic acids is 1. The normalized spacial score (nSPS) is 10.0. The molecule has 0 aromatic carbocycles. The van der Waals surface area contributed by atoms with Crippen molar-refractivity contribution < 1.29 is 14.3 Å². The van der Waals surface area contributed by atoms with Crippen LogP contribution in [0.4, 0.5) is 0 Å². The summed E-state index contributed by atoms with van der Waals surface area (Å²) in [7, 11) is 0. The number of hydrogen-bond acceptors (Lipinski definition) is 4. The number of nitrogens with zero attached hydrogens (tertiary/aromatic N) is 2. The van der Waals surface area contributed by atoms with Crippen LogP contribution < -0.4 is 0 Å². The van der Waals surface area contributed by atoms with Crippen molar-refractivity contribution >= 4 is 5.97 Å². The number of aromatic nitrogens is 2. The van der Waals surface area contributed by atoms with Gasteiger partial charge < -0.3 is 9.52 Å². The minimum absolute atomic E-state index is 0.00880. The zero-order valence-corrected chi connectivity index (χ0v) is 7.04. The van der Waals surface area contributed by atoms with E-state index in [1.807, 2.05) is 0 Å². The highest BCUT2D eigenvalue weighted by Gasteiger charge is 2.07. The quantitative estimate of drug-likeness (QED) is 0.775. The predicted molar refractivity (Wildman–Crippen MR) is 46.7 cm³/mol. The van der Waals surface area contributed by atoms with Crippen LogP contribution >= 0.6 is 0 Å². The zero-order chi connectivity index (χ0) is 9.97. The molecule has 5 heteroatoms. The van der Waals surface area contributed by atoms with Crippen molar-refractivity contribution in [3.05, 3.63) is 36.7 Å². The summed E-state index contributed by atoms with van der Waals surface area (Å²) >= 11 is 0. The van der Waals surface area contributed by atoms with Crippen LogP contribution in [0.1, 0.15) is 10.5 Å². The molecule has 2 rings (SSSR count). The highest BCUT2D eigenvalue weighted by molar-refractivity contribution is 5.86. The van der Waals surface area contributed by atoms with Gasteiger partial charge >= 0.3 is 5.97 Å². The summed E-state index contributed by atoms with van der Waals surface area (Å²) in [4.78, 5) is 18.2. The first-order valence-electron chi connectivity index (χ1n) is 3.85. The third-order valence-corrected chi connectivity index (χ3v) is 1.71. The smallest absolute Gasteiger partial charge is 0.354 e. The van der Waals surface area contributed by atoms with Crippen molar-refractivity contribution in [2.45, 2.75) is 0 Å². The van der Waals surface area contributed by atoms with Crippen molar-refractivity contribution in [3.63, 3.8) is 0 Å². The van der Waals surface area contributed by atoms with Gasteiger partial charge in [-0.3, -0.25) is 0 Å². The largest absolute Gasteiger partial charge is 0.477 e. The molecule has 0 fully saturated rings. The molecule has 0 bridgehead atoms. The lowest BCUT2D eigenvalue weighted by molar-refractivity contribution is 0.0690. The summed E-state index contributed by atoms with van der Waals surface area (Å²) in [6.45, 7) is 0. The average Bonchev–Trinajstić information content (AvgIpc) is 2.71. The Balaban J connectivity index is 2.46. The van der Waals surface area contributed by atoms with Crippen molar-refractivity contribution in [3.8, 4) is 11.3 Å². The van der Waals surface area contributed by atoms with Gasteiger partial charge in [0.2, 0.25) is 0 Å². The lowest BCUT2D eigenvalue weighted by Gasteiger charge is -1.96. The molecule has 5 nitrogen and oxygen atoms in total. The Labute approximate surface area is 79.0 Å². The summed E-state index contributed by atoms with van der Waals surface area (Å²) in [5.74, 6) is -1.06. The Bertz CT molecular complexity index is 451. The third-order valence-electron chi connectivity index (χ3n) is 1.71. The molecule has 0 saturated carbocycles. The second kappa shape index (κ2) is 3.29. The summed E-state index contributed by atoms with van der Waals surface area (Å²) in [5, 5.41) is 8.70. The van der Waals surface area contributed by atoms with Crippen LogP contribution in [-0.2, 0) is 0 Å². The van der Waals surface area contributed by atoms with Crippen molar-refractivity contribution in [2.75, 3.05) is 0 Å². The SMILES string of the molecule is O=C(O)c1cc(-c2cocn2)ccn1. The summed E-state index contributed by atoms with van der Waals surface area (Å²) in [6.07, 6.45) is 4.16. The molecule has 2 aromatic heterocycles. The minimum atomic E-state index is -1.06. The molecule has 0 spiro atoms. The van der Waals surface area contributed by atoms with Gasteiger partial charge in [0.15, 0.2) is 6.39 Å². The highest BCUT2D eigenvalue weighted by Crippen LogP contribution is 2.16. The van der Waals surface area contributed by atoms with E-state index in [0.29, 0.717) is 11.3 Å². The Morgan fingerprint density at radius 1 is 1.43 bits per heavy atom. The molecule has 0 amide bonds. The number of rotatable bonds is 2. The maximum atomic E-state index is 10.6. The van der Waals surface area contributed by atoms with E-state index in [0.717, 1.165) is 0 Å². The highest BCUT2D eigenvalue weighted by atomic mass is 16.4. The van der Waals surface area contributed by atoms with Crippen molar-refractivity contribution in [2.24, 2.45) is 0 Å². The molecule has 2 aromatic rings. The molecule has 2 heterocycles. The lowest BCUT2D eigenvalue weighted by atomic mass is 10.2. The Kier molecular flexibility index (Phi) is 1.98. The van der Waals surface area contributed by atoms with Gasteiger partial charge in [0.1, 0.15) is 17.7 Å². The summed E-state index contributed by atoms with van der Waals surface area (Å²) < 4.78 is 4.79. The molecular formula is C9H6N2O3. The molecule has 0 atom stereocenters. The summed E-state index contributed by atoms with van der Waals surface area (Å²) in [5.41, 5.74) is 1.26. The minimum Gasteiger partial charge on any atom is -0.477 e. The molecule has 1 N–H and O–H groups in total. The van der Waals surface area contributed by atoms with Crippen molar-refractivity contribution in [1.82, 2.24) is 9.97 Å². The fourth-order valence-corrected chi connectivity index (χ4v) is 1.06. The predicted octanol–water partition coefficient (Wildman–Crippen LogP) is 1.43. The molecule has 0 unspecified atom stereocenters. The zero-order valence-electron chi connectivity index (χ0n) is 7.04. The third kappa shape index (κ3) is 1.47. The van der Waals surface area contributed by atoms with Crippen LogP contribution in [0.3, 0.4) is 0 Å². The van der Waals surface area contributed by atoms with Gasteiger partial charge in [0.25, 0.3) is 0 Å². The number of oxazole rings is 1.